The zero-order valence-electron chi connectivity index (χ0n) is 15.2. The molecule has 0 unspecified atom stereocenters. The fourth-order valence-electron chi connectivity index (χ4n) is 2.72. The first kappa shape index (κ1) is 18.7. The number of benzene rings is 1. The van der Waals surface area contributed by atoms with Gasteiger partial charge in [0, 0.05) is 5.56 Å². The quantitative estimate of drug-likeness (QED) is 0.361. The average Bonchev–Trinajstić information content (AvgIpc) is 2.91. The average molecular weight is 387 g/mol. The Balaban J connectivity index is 2.17. The van der Waals surface area contributed by atoms with Crippen LogP contribution < -0.4 is 4.74 Å². The molecule has 140 valence electrons. The first-order chi connectivity index (χ1) is 12.8. The topological polar surface area (TPSA) is 104 Å². The summed E-state index contributed by atoms with van der Waals surface area (Å²) < 4.78 is 10.9. The van der Waals surface area contributed by atoms with Crippen LogP contribution in [0.4, 0.5) is 5.69 Å². The number of nitro groups is 1. The van der Waals surface area contributed by atoms with Gasteiger partial charge in [-0.2, -0.15) is 4.98 Å². The van der Waals surface area contributed by atoms with Crippen molar-refractivity contribution >= 4 is 33.2 Å². The number of esters is 1. The molecule has 0 aliphatic rings. The van der Waals surface area contributed by atoms with Gasteiger partial charge in [-0.15, -0.1) is 11.3 Å². The third-order valence-electron chi connectivity index (χ3n) is 3.92. The van der Waals surface area contributed by atoms with Crippen molar-refractivity contribution in [2.24, 2.45) is 0 Å². The molecule has 2 heterocycles. The van der Waals surface area contributed by atoms with Crippen molar-refractivity contribution in [3.05, 3.63) is 50.1 Å². The Bertz CT molecular complexity index is 1060. The van der Waals surface area contributed by atoms with Crippen LogP contribution >= 0.6 is 11.3 Å². The molecule has 0 amide bonds. The molecular formula is C18H17N3O5S. The van der Waals surface area contributed by atoms with Crippen molar-refractivity contribution in [2.45, 2.75) is 27.7 Å². The highest BCUT2D eigenvalue weighted by Crippen LogP contribution is 2.40. The van der Waals surface area contributed by atoms with E-state index in [9.17, 15) is 14.9 Å². The Hall–Kier alpha value is -3.07. The highest BCUT2D eigenvalue weighted by molar-refractivity contribution is 7.20. The van der Waals surface area contributed by atoms with E-state index in [4.69, 9.17) is 9.47 Å². The van der Waals surface area contributed by atoms with Gasteiger partial charge in [-0.25, -0.2) is 9.78 Å². The fraction of sp³-hybridized carbons (Fsp3) is 0.278. The molecule has 27 heavy (non-hydrogen) atoms. The molecule has 0 spiro atoms. The number of rotatable bonds is 5. The van der Waals surface area contributed by atoms with Crippen LogP contribution in [0.2, 0.25) is 0 Å². The molecule has 0 N–H and O–H groups in total. The van der Waals surface area contributed by atoms with E-state index in [2.05, 4.69) is 9.97 Å². The van der Waals surface area contributed by atoms with Crippen LogP contribution in [-0.4, -0.2) is 27.5 Å². The minimum atomic E-state index is -0.486. The predicted octanol–water partition coefficient (Wildman–Crippen LogP) is 4.49. The van der Waals surface area contributed by atoms with Crippen LogP contribution in [0.1, 0.15) is 33.5 Å². The lowest BCUT2D eigenvalue weighted by Gasteiger charge is -2.09. The van der Waals surface area contributed by atoms with E-state index in [1.54, 1.807) is 39.8 Å². The maximum atomic E-state index is 12.2. The first-order valence-corrected chi connectivity index (χ1v) is 9.01. The van der Waals surface area contributed by atoms with Crippen molar-refractivity contribution in [1.29, 1.82) is 0 Å². The van der Waals surface area contributed by atoms with Crippen molar-refractivity contribution in [3.8, 4) is 11.6 Å². The number of nitro benzene ring substituents is 1. The number of ether oxygens (including phenoxy) is 2. The van der Waals surface area contributed by atoms with Gasteiger partial charge in [0.25, 0.3) is 0 Å². The van der Waals surface area contributed by atoms with Gasteiger partial charge in [0.05, 0.1) is 16.9 Å². The van der Waals surface area contributed by atoms with E-state index in [0.29, 0.717) is 32.0 Å². The van der Waals surface area contributed by atoms with E-state index in [1.807, 2.05) is 0 Å². The second-order valence-corrected chi connectivity index (χ2v) is 6.81. The predicted molar refractivity (Wildman–Crippen MR) is 101 cm³/mol. The number of carbonyl (C=O) groups is 1. The molecule has 3 aromatic rings. The molecule has 0 bridgehead atoms. The van der Waals surface area contributed by atoms with Gasteiger partial charge in [-0.1, -0.05) is 12.1 Å². The van der Waals surface area contributed by atoms with Crippen LogP contribution in [-0.2, 0) is 4.74 Å². The minimum Gasteiger partial charge on any atom is -0.462 e. The van der Waals surface area contributed by atoms with Crippen molar-refractivity contribution in [2.75, 3.05) is 6.61 Å². The number of aromatic nitrogens is 2. The molecule has 0 aliphatic carbocycles. The number of thiophene rings is 1. The number of hydrogen-bond acceptors (Lipinski definition) is 8. The van der Waals surface area contributed by atoms with Gasteiger partial charge in [-0.3, -0.25) is 10.1 Å². The fourth-order valence-corrected chi connectivity index (χ4v) is 3.83. The molecular weight excluding hydrogens is 370 g/mol. The normalized spacial score (nSPS) is 10.8. The summed E-state index contributed by atoms with van der Waals surface area (Å²) in [4.78, 5) is 32.8. The van der Waals surface area contributed by atoms with Crippen LogP contribution in [0.15, 0.2) is 18.2 Å². The molecule has 1 aromatic carbocycles. The van der Waals surface area contributed by atoms with Crippen LogP contribution in [0.5, 0.6) is 11.6 Å². The largest absolute Gasteiger partial charge is 0.462 e. The lowest BCUT2D eigenvalue weighted by Crippen LogP contribution is -2.03. The zero-order chi connectivity index (χ0) is 19.7. The summed E-state index contributed by atoms with van der Waals surface area (Å²) in [5.74, 6) is 0.255. The smallest absolute Gasteiger partial charge is 0.348 e. The summed E-state index contributed by atoms with van der Waals surface area (Å²) >= 11 is 1.18. The second kappa shape index (κ2) is 7.28. The maximum Gasteiger partial charge on any atom is 0.348 e. The summed E-state index contributed by atoms with van der Waals surface area (Å²) in [6, 6.07) is 4.83. The van der Waals surface area contributed by atoms with Crippen molar-refractivity contribution < 1.29 is 19.2 Å². The number of nitrogens with zero attached hydrogens (tertiary/aromatic N) is 3. The number of hydrogen-bond donors (Lipinski definition) is 0. The molecule has 3 rings (SSSR count). The lowest BCUT2D eigenvalue weighted by atomic mass is 10.2. The first-order valence-electron chi connectivity index (χ1n) is 8.20. The van der Waals surface area contributed by atoms with Crippen LogP contribution in [0, 0.1) is 30.9 Å². The third kappa shape index (κ3) is 3.45. The molecule has 0 saturated carbocycles. The number of para-hydroxylation sites is 1. The Morgan fingerprint density at radius 1 is 1.26 bits per heavy atom. The second-order valence-electron chi connectivity index (χ2n) is 5.81. The Labute approximate surface area is 158 Å². The SMILES string of the molecule is CCOC(=O)c1sc2nc(C)nc(Oc3cccc(C)c3[N+](=O)[O-])c2c1C. The van der Waals surface area contributed by atoms with Crippen LogP contribution in [0.3, 0.4) is 0 Å². The Morgan fingerprint density at radius 2 is 2.00 bits per heavy atom. The molecule has 0 atom stereocenters. The van der Waals surface area contributed by atoms with Crippen molar-refractivity contribution in [3.63, 3.8) is 0 Å². The molecule has 2 aromatic heterocycles. The molecule has 8 nitrogen and oxygen atoms in total. The number of aryl methyl sites for hydroxylation is 3. The van der Waals surface area contributed by atoms with Crippen LogP contribution in [0.25, 0.3) is 10.2 Å². The van der Waals surface area contributed by atoms with Gasteiger partial charge < -0.3 is 9.47 Å². The third-order valence-corrected chi connectivity index (χ3v) is 5.09. The minimum absolute atomic E-state index is 0.0858. The zero-order valence-corrected chi connectivity index (χ0v) is 16.0. The van der Waals surface area contributed by atoms with E-state index < -0.39 is 10.9 Å². The Morgan fingerprint density at radius 3 is 2.67 bits per heavy atom. The molecule has 9 heteroatoms. The van der Waals surface area contributed by atoms with Gasteiger partial charge in [0.2, 0.25) is 11.6 Å². The molecule has 0 saturated heterocycles. The van der Waals surface area contributed by atoms with E-state index in [1.165, 1.54) is 17.4 Å². The van der Waals surface area contributed by atoms with E-state index >= 15 is 0 Å². The summed E-state index contributed by atoms with van der Waals surface area (Å²) in [5, 5.41) is 12.0. The van der Waals surface area contributed by atoms with Gasteiger partial charge in [-0.05, 0) is 39.3 Å². The monoisotopic (exact) mass is 387 g/mol. The number of carbonyl (C=O) groups excluding carboxylic acids is 1. The lowest BCUT2D eigenvalue weighted by molar-refractivity contribution is -0.386. The van der Waals surface area contributed by atoms with E-state index in [-0.39, 0.29) is 23.9 Å². The van der Waals surface area contributed by atoms with E-state index in [0.717, 1.165) is 0 Å². The standard InChI is InChI=1S/C18H17N3O5S/c1-5-25-18(22)15-10(3)13-16(19-11(4)20-17(13)27-15)26-12-8-6-7-9(2)14(12)21(23)24/h6-8H,5H2,1-4H3. The summed E-state index contributed by atoms with van der Waals surface area (Å²) in [6.45, 7) is 7.07. The Kier molecular flexibility index (Phi) is 5.04. The highest BCUT2D eigenvalue weighted by atomic mass is 32.1. The van der Waals surface area contributed by atoms with Gasteiger partial charge in [0.15, 0.2) is 0 Å². The molecule has 0 radical (unpaired) electrons. The summed E-state index contributed by atoms with van der Waals surface area (Å²) in [5.41, 5.74) is 0.980. The summed E-state index contributed by atoms with van der Waals surface area (Å²) in [6.07, 6.45) is 0. The van der Waals surface area contributed by atoms with Gasteiger partial charge in [0.1, 0.15) is 15.5 Å². The maximum absolute atomic E-state index is 12.2. The van der Waals surface area contributed by atoms with Gasteiger partial charge >= 0.3 is 11.7 Å². The molecule has 0 aliphatic heterocycles. The highest BCUT2D eigenvalue weighted by Gasteiger charge is 2.24. The summed E-state index contributed by atoms with van der Waals surface area (Å²) in [7, 11) is 0. The van der Waals surface area contributed by atoms with Crippen molar-refractivity contribution in [1.82, 2.24) is 9.97 Å². The molecule has 0 fully saturated rings. The number of fused-ring (bicyclic) bond motifs is 1.